The summed E-state index contributed by atoms with van der Waals surface area (Å²) in [6, 6.07) is 0. The molecule has 1 atom stereocenters. The number of ketones is 1. The number of carbonyl (C=O) groups excluding carboxylic acids is 1. The maximum atomic E-state index is 10.8. The molecule has 3 heteroatoms. The Morgan fingerprint density at radius 1 is 1.73 bits per heavy atom. The van der Waals surface area contributed by atoms with Crippen molar-refractivity contribution >= 4 is 5.78 Å². The van der Waals surface area contributed by atoms with Gasteiger partial charge in [-0.3, -0.25) is 4.79 Å². The third-order valence-corrected chi connectivity index (χ3v) is 1.76. The Morgan fingerprint density at radius 2 is 2.55 bits per heavy atom. The molecule has 0 aromatic heterocycles. The summed E-state index contributed by atoms with van der Waals surface area (Å²) in [5, 5.41) is 0. The van der Waals surface area contributed by atoms with Crippen molar-refractivity contribution in [2.75, 3.05) is 19.8 Å². The highest BCUT2D eigenvalue weighted by molar-refractivity contribution is 5.79. The van der Waals surface area contributed by atoms with Crippen molar-refractivity contribution in [2.45, 2.75) is 25.9 Å². The highest BCUT2D eigenvalue weighted by Crippen LogP contribution is 2.07. The minimum Gasteiger partial charge on any atom is -0.379 e. The van der Waals surface area contributed by atoms with Gasteiger partial charge in [-0.25, -0.2) is 0 Å². The highest BCUT2D eigenvalue weighted by Gasteiger charge is 2.16. The van der Waals surface area contributed by atoms with Gasteiger partial charge < -0.3 is 9.47 Å². The third-order valence-electron chi connectivity index (χ3n) is 1.76. The molecule has 0 aromatic rings. The summed E-state index contributed by atoms with van der Waals surface area (Å²) in [5.41, 5.74) is 0. The highest BCUT2D eigenvalue weighted by atomic mass is 16.5. The van der Waals surface area contributed by atoms with Gasteiger partial charge in [0.1, 0.15) is 6.61 Å². The summed E-state index contributed by atoms with van der Waals surface area (Å²) < 4.78 is 10.4. The topological polar surface area (TPSA) is 35.5 Å². The summed E-state index contributed by atoms with van der Waals surface area (Å²) in [7, 11) is 0. The van der Waals surface area contributed by atoms with Crippen molar-refractivity contribution in [3.8, 4) is 0 Å². The number of hydrogen-bond donors (Lipinski definition) is 0. The molecule has 1 unspecified atom stereocenters. The van der Waals surface area contributed by atoms with Gasteiger partial charge in [0.05, 0.1) is 12.7 Å². The van der Waals surface area contributed by atoms with E-state index in [-0.39, 0.29) is 18.5 Å². The molecule has 1 saturated heterocycles. The molecule has 0 aromatic carbocycles. The molecule has 64 valence electrons. The van der Waals surface area contributed by atoms with Crippen LogP contribution in [0, 0.1) is 0 Å². The zero-order chi connectivity index (χ0) is 8.10. The fourth-order valence-electron chi connectivity index (χ4n) is 0.957. The number of hydrogen-bond acceptors (Lipinski definition) is 3. The average Bonchev–Trinajstić information content (AvgIpc) is 2.52. The minimum absolute atomic E-state index is 0.158. The monoisotopic (exact) mass is 158 g/mol. The van der Waals surface area contributed by atoms with Crippen molar-refractivity contribution in [1.29, 1.82) is 0 Å². The zero-order valence-corrected chi connectivity index (χ0v) is 6.84. The molecule has 0 bridgehead atoms. The quantitative estimate of drug-likeness (QED) is 0.606. The fourth-order valence-corrected chi connectivity index (χ4v) is 0.957. The van der Waals surface area contributed by atoms with Crippen molar-refractivity contribution < 1.29 is 14.3 Å². The van der Waals surface area contributed by atoms with Crippen LogP contribution in [-0.2, 0) is 14.3 Å². The van der Waals surface area contributed by atoms with Crippen LogP contribution in [0.5, 0.6) is 0 Å². The lowest BCUT2D eigenvalue weighted by Crippen LogP contribution is -2.17. The lowest BCUT2D eigenvalue weighted by molar-refractivity contribution is -0.125. The molecule has 1 aliphatic rings. The van der Waals surface area contributed by atoms with E-state index < -0.39 is 0 Å². The fraction of sp³-hybridized carbons (Fsp3) is 0.875. The zero-order valence-electron chi connectivity index (χ0n) is 6.84. The number of carbonyl (C=O) groups is 1. The molecule has 0 saturated carbocycles. The lowest BCUT2D eigenvalue weighted by atomic mass is 10.3. The van der Waals surface area contributed by atoms with Crippen LogP contribution in [0.3, 0.4) is 0 Å². The van der Waals surface area contributed by atoms with Gasteiger partial charge in [-0.1, -0.05) is 6.92 Å². The summed E-state index contributed by atoms with van der Waals surface area (Å²) in [4.78, 5) is 10.8. The summed E-state index contributed by atoms with van der Waals surface area (Å²) in [6.07, 6.45) is 1.65. The van der Waals surface area contributed by atoms with E-state index in [1.807, 2.05) is 6.92 Å². The molecular weight excluding hydrogens is 144 g/mol. The molecular formula is C8H14O3. The molecule has 11 heavy (non-hydrogen) atoms. The van der Waals surface area contributed by atoms with Crippen LogP contribution in [0.25, 0.3) is 0 Å². The Kier molecular flexibility index (Phi) is 3.52. The second-order valence-corrected chi connectivity index (χ2v) is 2.69. The van der Waals surface area contributed by atoms with Crippen LogP contribution in [-0.4, -0.2) is 31.7 Å². The first-order valence-electron chi connectivity index (χ1n) is 4.04. The van der Waals surface area contributed by atoms with E-state index in [9.17, 15) is 4.79 Å². The van der Waals surface area contributed by atoms with Gasteiger partial charge in [-0.15, -0.1) is 0 Å². The standard InChI is InChI=1S/C8H14O3/c1-2-7(9)5-11-8-3-4-10-6-8/h8H,2-6H2,1H3. The van der Waals surface area contributed by atoms with Gasteiger partial charge in [0.25, 0.3) is 0 Å². The van der Waals surface area contributed by atoms with Crippen molar-refractivity contribution in [3.63, 3.8) is 0 Å². The largest absolute Gasteiger partial charge is 0.379 e. The molecule has 0 aliphatic carbocycles. The minimum atomic E-state index is 0.158. The van der Waals surface area contributed by atoms with E-state index >= 15 is 0 Å². The van der Waals surface area contributed by atoms with E-state index in [1.54, 1.807) is 0 Å². The molecule has 0 radical (unpaired) electrons. The Morgan fingerprint density at radius 3 is 3.09 bits per heavy atom. The van der Waals surface area contributed by atoms with E-state index in [1.165, 1.54) is 0 Å². The predicted molar refractivity (Wildman–Crippen MR) is 40.5 cm³/mol. The lowest BCUT2D eigenvalue weighted by Gasteiger charge is -2.07. The molecule has 1 heterocycles. The van der Waals surface area contributed by atoms with Gasteiger partial charge in [-0.05, 0) is 6.42 Å². The second kappa shape index (κ2) is 4.46. The first-order valence-corrected chi connectivity index (χ1v) is 4.04. The molecule has 3 nitrogen and oxygen atoms in total. The van der Waals surface area contributed by atoms with Crippen molar-refractivity contribution in [1.82, 2.24) is 0 Å². The van der Waals surface area contributed by atoms with Gasteiger partial charge in [0, 0.05) is 13.0 Å². The molecule has 0 amide bonds. The van der Waals surface area contributed by atoms with Crippen molar-refractivity contribution in [2.24, 2.45) is 0 Å². The van der Waals surface area contributed by atoms with Crippen LogP contribution >= 0.6 is 0 Å². The Balaban J connectivity index is 2.06. The smallest absolute Gasteiger partial charge is 0.158 e. The van der Waals surface area contributed by atoms with Gasteiger partial charge >= 0.3 is 0 Å². The molecule has 0 N–H and O–H groups in total. The maximum absolute atomic E-state index is 10.8. The molecule has 1 rings (SSSR count). The number of Topliss-reactive ketones (excluding diaryl/α,β-unsaturated/α-hetero) is 1. The molecule has 0 spiro atoms. The first kappa shape index (κ1) is 8.68. The van der Waals surface area contributed by atoms with Gasteiger partial charge in [-0.2, -0.15) is 0 Å². The van der Waals surface area contributed by atoms with Gasteiger partial charge in [0.2, 0.25) is 0 Å². The summed E-state index contributed by atoms with van der Waals surface area (Å²) in [5.74, 6) is 0.164. The summed E-state index contributed by atoms with van der Waals surface area (Å²) in [6.45, 7) is 3.52. The molecule has 1 aliphatic heterocycles. The Hall–Kier alpha value is -0.410. The Labute approximate surface area is 66.7 Å². The van der Waals surface area contributed by atoms with E-state index in [0.717, 1.165) is 13.0 Å². The third kappa shape index (κ3) is 2.99. The van der Waals surface area contributed by atoms with Crippen LogP contribution < -0.4 is 0 Å². The SMILES string of the molecule is CCC(=O)COC1CCOC1. The number of rotatable bonds is 4. The van der Waals surface area contributed by atoms with E-state index in [2.05, 4.69) is 0 Å². The normalized spacial score (nSPS) is 23.9. The second-order valence-electron chi connectivity index (χ2n) is 2.69. The van der Waals surface area contributed by atoms with Crippen LogP contribution in [0.4, 0.5) is 0 Å². The van der Waals surface area contributed by atoms with E-state index in [0.29, 0.717) is 13.0 Å². The van der Waals surface area contributed by atoms with Gasteiger partial charge in [0.15, 0.2) is 5.78 Å². The first-order chi connectivity index (χ1) is 5.33. The van der Waals surface area contributed by atoms with Crippen LogP contribution in [0.2, 0.25) is 0 Å². The number of ether oxygens (including phenoxy) is 2. The summed E-state index contributed by atoms with van der Waals surface area (Å²) >= 11 is 0. The maximum Gasteiger partial charge on any atom is 0.158 e. The average molecular weight is 158 g/mol. The molecule has 1 fully saturated rings. The van der Waals surface area contributed by atoms with Crippen LogP contribution in [0.1, 0.15) is 19.8 Å². The predicted octanol–water partition coefficient (Wildman–Crippen LogP) is 0.771. The van der Waals surface area contributed by atoms with Crippen molar-refractivity contribution in [3.05, 3.63) is 0 Å². The van der Waals surface area contributed by atoms with Crippen LogP contribution in [0.15, 0.2) is 0 Å². The van der Waals surface area contributed by atoms with E-state index in [4.69, 9.17) is 9.47 Å². The Bertz CT molecular complexity index is 127.